The van der Waals surface area contributed by atoms with E-state index < -0.39 is 6.04 Å². The number of aliphatic hydroxyl groups is 1. The number of rotatable bonds is 6. The SMILES string of the molecule is O=C(NC(CO)COc1ccccc1)c1cnc[nH]1. The predicted octanol–water partition coefficient (Wildman–Crippen LogP) is 0.579. The minimum absolute atomic E-state index is 0.195. The molecule has 1 unspecified atom stereocenters. The van der Waals surface area contributed by atoms with Crippen LogP contribution in [0.15, 0.2) is 42.9 Å². The van der Waals surface area contributed by atoms with E-state index in [9.17, 15) is 9.90 Å². The van der Waals surface area contributed by atoms with E-state index in [0.717, 1.165) is 0 Å². The average molecular weight is 261 g/mol. The van der Waals surface area contributed by atoms with Crippen molar-refractivity contribution in [1.82, 2.24) is 15.3 Å². The van der Waals surface area contributed by atoms with Crippen molar-refractivity contribution in [2.45, 2.75) is 6.04 Å². The molecule has 0 saturated heterocycles. The number of ether oxygens (including phenoxy) is 1. The second-order valence-corrected chi connectivity index (χ2v) is 3.94. The normalized spacial score (nSPS) is 11.8. The van der Waals surface area contributed by atoms with Gasteiger partial charge in [-0.3, -0.25) is 4.79 Å². The van der Waals surface area contributed by atoms with E-state index in [1.807, 2.05) is 30.3 Å². The molecule has 0 aliphatic carbocycles. The van der Waals surface area contributed by atoms with E-state index in [1.165, 1.54) is 12.5 Å². The lowest BCUT2D eigenvalue weighted by Gasteiger charge is -2.16. The van der Waals surface area contributed by atoms with Crippen LogP contribution in [0.25, 0.3) is 0 Å². The van der Waals surface area contributed by atoms with Gasteiger partial charge in [-0.05, 0) is 12.1 Å². The topological polar surface area (TPSA) is 87.2 Å². The van der Waals surface area contributed by atoms with Crippen LogP contribution in [0, 0.1) is 0 Å². The first-order valence-electron chi connectivity index (χ1n) is 5.87. The maximum atomic E-state index is 11.7. The van der Waals surface area contributed by atoms with Gasteiger partial charge in [0.2, 0.25) is 0 Å². The van der Waals surface area contributed by atoms with Gasteiger partial charge in [0.25, 0.3) is 5.91 Å². The Morgan fingerprint density at radius 2 is 2.21 bits per heavy atom. The lowest BCUT2D eigenvalue weighted by molar-refractivity contribution is 0.0884. The number of carbonyl (C=O) groups excluding carboxylic acids is 1. The fourth-order valence-corrected chi connectivity index (χ4v) is 1.50. The molecule has 0 bridgehead atoms. The van der Waals surface area contributed by atoms with Crippen LogP contribution in [0.3, 0.4) is 0 Å². The summed E-state index contributed by atoms with van der Waals surface area (Å²) in [4.78, 5) is 18.2. The highest BCUT2D eigenvalue weighted by atomic mass is 16.5. The Bertz CT molecular complexity index is 499. The predicted molar refractivity (Wildman–Crippen MR) is 68.9 cm³/mol. The van der Waals surface area contributed by atoms with Crippen LogP contribution in [-0.2, 0) is 0 Å². The van der Waals surface area contributed by atoms with Gasteiger partial charge in [0.1, 0.15) is 18.1 Å². The van der Waals surface area contributed by atoms with Crippen molar-refractivity contribution in [3.63, 3.8) is 0 Å². The number of nitrogens with zero attached hydrogens (tertiary/aromatic N) is 1. The third-order valence-corrected chi connectivity index (χ3v) is 2.49. The Kier molecular flexibility index (Phi) is 4.52. The third kappa shape index (κ3) is 3.82. The monoisotopic (exact) mass is 261 g/mol. The molecule has 2 rings (SSSR count). The summed E-state index contributed by atoms with van der Waals surface area (Å²) in [6.07, 6.45) is 2.84. The van der Waals surface area contributed by atoms with Crippen molar-refractivity contribution in [3.8, 4) is 5.75 Å². The number of imidazole rings is 1. The van der Waals surface area contributed by atoms with Crippen LogP contribution in [0.5, 0.6) is 5.75 Å². The molecule has 1 heterocycles. The standard InChI is InChI=1S/C13H15N3O3/c17-7-10(8-19-11-4-2-1-3-5-11)16-13(18)12-6-14-9-15-12/h1-6,9-10,17H,7-8H2,(H,14,15)(H,16,18). The van der Waals surface area contributed by atoms with Crippen molar-refractivity contribution in [3.05, 3.63) is 48.5 Å². The summed E-state index contributed by atoms with van der Waals surface area (Å²) in [5, 5.41) is 11.9. The van der Waals surface area contributed by atoms with Crippen molar-refractivity contribution < 1.29 is 14.6 Å². The molecule has 19 heavy (non-hydrogen) atoms. The van der Waals surface area contributed by atoms with Gasteiger partial charge in [-0.1, -0.05) is 18.2 Å². The lowest BCUT2D eigenvalue weighted by atomic mass is 10.3. The molecule has 0 saturated carbocycles. The maximum Gasteiger partial charge on any atom is 0.269 e. The second-order valence-electron chi connectivity index (χ2n) is 3.94. The van der Waals surface area contributed by atoms with Crippen molar-refractivity contribution in [2.75, 3.05) is 13.2 Å². The van der Waals surface area contributed by atoms with E-state index >= 15 is 0 Å². The highest BCUT2D eigenvalue weighted by molar-refractivity contribution is 5.92. The first-order valence-corrected chi connectivity index (χ1v) is 5.87. The van der Waals surface area contributed by atoms with Gasteiger partial charge in [-0.15, -0.1) is 0 Å². The number of benzene rings is 1. The van der Waals surface area contributed by atoms with Gasteiger partial charge in [-0.2, -0.15) is 0 Å². The molecular weight excluding hydrogens is 246 g/mol. The fourth-order valence-electron chi connectivity index (χ4n) is 1.50. The van der Waals surface area contributed by atoms with Crippen LogP contribution in [0.1, 0.15) is 10.5 Å². The number of aromatic amines is 1. The van der Waals surface area contributed by atoms with Crippen molar-refractivity contribution >= 4 is 5.91 Å². The summed E-state index contributed by atoms with van der Waals surface area (Å²) in [6.45, 7) is -0.00684. The molecule has 1 aromatic heterocycles. The molecule has 0 aliphatic heterocycles. The van der Waals surface area contributed by atoms with E-state index in [1.54, 1.807) is 0 Å². The molecule has 1 atom stereocenters. The average Bonchev–Trinajstić information content (AvgIpc) is 2.98. The van der Waals surface area contributed by atoms with Crippen LogP contribution >= 0.6 is 0 Å². The largest absolute Gasteiger partial charge is 0.491 e. The van der Waals surface area contributed by atoms with Gasteiger partial charge in [0, 0.05) is 0 Å². The molecular formula is C13H15N3O3. The molecule has 1 aromatic carbocycles. The molecule has 3 N–H and O–H groups in total. The highest BCUT2D eigenvalue weighted by Crippen LogP contribution is 2.08. The maximum absolute atomic E-state index is 11.7. The van der Waals surface area contributed by atoms with Crippen LogP contribution in [0.2, 0.25) is 0 Å². The summed E-state index contributed by atoms with van der Waals surface area (Å²) in [7, 11) is 0. The van der Waals surface area contributed by atoms with Gasteiger partial charge >= 0.3 is 0 Å². The number of aliphatic hydroxyl groups excluding tert-OH is 1. The van der Waals surface area contributed by atoms with E-state index in [2.05, 4.69) is 15.3 Å². The molecule has 0 spiro atoms. The van der Waals surface area contributed by atoms with Gasteiger partial charge in [-0.25, -0.2) is 4.98 Å². The zero-order chi connectivity index (χ0) is 13.5. The molecule has 1 amide bonds. The lowest BCUT2D eigenvalue weighted by Crippen LogP contribution is -2.41. The smallest absolute Gasteiger partial charge is 0.269 e. The Morgan fingerprint density at radius 1 is 1.42 bits per heavy atom. The summed E-state index contributed by atoms with van der Waals surface area (Å²) in [5.41, 5.74) is 0.346. The number of para-hydroxylation sites is 1. The zero-order valence-corrected chi connectivity index (χ0v) is 10.2. The Hall–Kier alpha value is -2.34. The molecule has 6 nitrogen and oxygen atoms in total. The molecule has 0 fully saturated rings. The highest BCUT2D eigenvalue weighted by Gasteiger charge is 2.14. The number of aromatic nitrogens is 2. The van der Waals surface area contributed by atoms with E-state index in [4.69, 9.17) is 4.74 Å². The molecule has 0 aliphatic rings. The summed E-state index contributed by atoms with van der Waals surface area (Å²) in [5.74, 6) is 0.366. The molecule has 0 radical (unpaired) electrons. The number of hydrogen-bond acceptors (Lipinski definition) is 4. The van der Waals surface area contributed by atoms with Gasteiger partial charge < -0.3 is 20.1 Å². The van der Waals surface area contributed by atoms with Gasteiger partial charge in [0.15, 0.2) is 0 Å². The van der Waals surface area contributed by atoms with Crippen LogP contribution < -0.4 is 10.1 Å². The van der Waals surface area contributed by atoms with E-state index in [0.29, 0.717) is 11.4 Å². The summed E-state index contributed by atoms with van der Waals surface area (Å²) >= 11 is 0. The number of amides is 1. The number of nitrogens with one attached hydrogen (secondary N) is 2. The molecule has 2 aromatic rings. The van der Waals surface area contributed by atoms with E-state index in [-0.39, 0.29) is 19.1 Å². The number of H-pyrrole nitrogens is 1. The molecule has 100 valence electrons. The Morgan fingerprint density at radius 3 is 2.84 bits per heavy atom. The van der Waals surface area contributed by atoms with Crippen molar-refractivity contribution in [1.29, 1.82) is 0 Å². The second kappa shape index (κ2) is 6.55. The molecule has 6 heteroatoms. The zero-order valence-electron chi connectivity index (χ0n) is 10.2. The fraction of sp³-hybridized carbons (Fsp3) is 0.231. The summed E-state index contributed by atoms with van der Waals surface area (Å²) < 4.78 is 5.48. The quantitative estimate of drug-likeness (QED) is 0.710. The van der Waals surface area contributed by atoms with Crippen LogP contribution in [0.4, 0.5) is 0 Å². The van der Waals surface area contributed by atoms with Crippen molar-refractivity contribution in [2.24, 2.45) is 0 Å². The number of hydrogen-bond donors (Lipinski definition) is 3. The first kappa shape index (κ1) is 13.1. The summed E-state index contributed by atoms with van der Waals surface area (Å²) in [6, 6.07) is 8.74. The van der Waals surface area contributed by atoms with Crippen LogP contribution in [-0.4, -0.2) is 40.2 Å². The third-order valence-electron chi connectivity index (χ3n) is 2.49. The minimum Gasteiger partial charge on any atom is -0.491 e. The Labute approximate surface area is 110 Å². The Balaban J connectivity index is 1.85. The van der Waals surface area contributed by atoms with Gasteiger partial charge in [0.05, 0.1) is 25.2 Å². The first-order chi connectivity index (χ1) is 9.29. The number of carbonyl (C=O) groups is 1. The minimum atomic E-state index is -0.476.